The number of hydrogen-bond donors (Lipinski definition) is 2. The van der Waals surface area contributed by atoms with Crippen LogP contribution in [0.4, 0.5) is 0 Å². The molecule has 92 valence electrons. The highest BCUT2D eigenvalue weighted by Crippen LogP contribution is 2.23. The first-order valence-corrected chi connectivity index (χ1v) is 6.64. The maximum atomic E-state index is 12.0. The van der Waals surface area contributed by atoms with Gasteiger partial charge in [0.05, 0.1) is 18.1 Å². The smallest absolute Gasteiger partial charge is 0.136 e. The van der Waals surface area contributed by atoms with E-state index in [2.05, 4.69) is 28.5 Å². The van der Waals surface area contributed by atoms with E-state index in [0.29, 0.717) is 5.92 Å². The number of rotatable bonds is 4. The van der Waals surface area contributed by atoms with Crippen molar-refractivity contribution in [1.82, 2.24) is 14.7 Å². The van der Waals surface area contributed by atoms with E-state index in [-0.39, 0.29) is 10.8 Å². The Labute approximate surface area is 101 Å². The molecule has 0 aromatic carbocycles. The van der Waals surface area contributed by atoms with Crippen molar-refractivity contribution in [3.05, 3.63) is 18.2 Å². The summed E-state index contributed by atoms with van der Waals surface area (Å²) in [5.74, 6) is 0.342. The standard InChI is InChI=1S/C11H21N3OS/c1-8(2)10(9-6-12-7-13-9)14-16(15)11(3,4)5/h6-8,10,14H,1-5H3,(H,12,13)/t10?,16-/m1/s1. The first-order chi connectivity index (χ1) is 7.32. The summed E-state index contributed by atoms with van der Waals surface area (Å²) in [7, 11) is 0. The third-order valence-corrected chi connectivity index (χ3v) is 3.88. The summed E-state index contributed by atoms with van der Waals surface area (Å²) in [6, 6.07) is 0.0197. The first-order valence-electron chi connectivity index (χ1n) is 5.49. The van der Waals surface area contributed by atoms with Gasteiger partial charge in [0.25, 0.3) is 0 Å². The van der Waals surface area contributed by atoms with E-state index < -0.39 is 11.4 Å². The highest BCUT2D eigenvalue weighted by Gasteiger charge is 2.31. The Kier molecular flexibility index (Phi) is 4.41. The molecule has 16 heavy (non-hydrogen) atoms. The van der Waals surface area contributed by atoms with Crippen molar-refractivity contribution in [2.75, 3.05) is 0 Å². The minimum atomic E-state index is -1.08. The number of imidazole rings is 1. The summed E-state index contributed by atoms with van der Waals surface area (Å²) in [6.07, 6.45) is 3.49. The monoisotopic (exact) mass is 243 g/mol. The minimum Gasteiger partial charge on any atom is -0.598 e. The maximum Gasteiger partial charge on any atom is 0.136 e. The number of H-pyrrole nitrogens is 1. The predicted molar refractivity (Wildman–Crippen MR) is 67.2 cm³/mol. The lowest BCUT2D eigenvalue weighted by molar-refractivity contribution is 0.445. The molecule has 0 saturated heterocycles. The van der Waals surface area contributed by atoms with Crippen LogP contribution in [0.25, 0.3) is 0 Å². The van der Waals surface area contributed by atoms with Gasteiger partial charge < -0.3 is 9.54 Å². The lowest BCUT2D eigenvalue weighted by atomic mass is 10.0. The second-order valence-corrected chi connectivity index (χ2v) is 7.21. The third kappa shape index (κ3) is 3.50. The molecule has 0 aliphatic carbocycles. The van der Waals surface area contributed by atoms with Gasteiger partial charge >= 0.3 is 0 Å². The highest BCUT2D eigenvalue weighted by molar-refractivity contribution is 7.90. The van der Waals surface area contributed by atoms with Crippen LogP contribution in [0.15, 0.2) is 12.5 Å². The van der Waals surface area contributed by atoms with Crippen LogP contribution in [0, 0.1) is 5.92 Å². The Bertz CT molecular complexity index is 306. The molecule has 1 rings (SSSR count). The van der Waals surface area contributed by atoms with Gasteiger partial charge in [-0.3, -0.25) is 0 Å². The summed E-state index contributed by atoms with van der Waals surface area (Å²) in [6.45, 7) is 10.0. The van der Waals surface area contributed by atoms with Crippen LogP contribution in [0.5, 0.6) is 0 Å². The molecule has 0 aliphatic rings. The minimum absolute atomic E-state index is 0.0197. The van der Waals surface area contributed by atoms with Crippen LogP contribution in [-0.4, -0.2) is 19.3 Å². The molecule has 1 heterocycles. The predicted octanol–water partition coefficient (Wildman–Crippen LogP) is 2.16. The van der Waals surface area contributed by atoms with Gasteiger partial charge in [-0.2, -0.15) is 0 Å². The van der Waals surface area contributed by atoms with E-state index in [1.165, 1.54) is 0 Å². The topological polar surface area (TPSA) is 63.8 Å². The molecule has 0 amide bonds. The van der Waals surface area contributed by atoms with Crippen molar-refractivity contribution < 1.29 is 4.55 Å². The van der Waals surface area contributed by atoms with Crippen LogP contribution in [0.2, 0.25) is 0 Å². The fourth-order valence-electron chi connectivity index (χ4n) is 1.27. The van der Waals surface area contributed by atoms with E-state index in [1.54, 1.807) is 6.33 Å². The molecule has 2 N–H and O–H groups in total. The normalized spacial score (nSPS) is 16.4. The molecule has 0 fully saturated rings. The Morgan fingerprint density at radius 1 is 1.44 bits per heavy atom. The molecule has 0 aliphatic heterocycles. The second-order valence-electron chi connectivity index (χ2n) is 5.21. The molecule has 1 unspecified atom stereocenters. The molecule has 2 atom stereocenters. The zero-order chi connectivity index (χ0) is 12.3. The number of aromatic nitrogens is 2. The summed E-state index contributed by atoms with van der Waals surface area (Å²) in [5, 5.41) is 0. The molecule has 1 aromatic heterocycles. The Hall–Kier alpha value is -0.520. The van der Waals surface area contributed by atoms with E-state index in [1.807, 2.05) is 27.0 Å². The molecule has 1 aromatic rings. The zero-order valence-electron chi connectivity index (χ0n) is 10.6. The molecule has 0 saturated carbocycles. The van der Waals surface area contributed by atoms with Crippen molar-refractivity contribution in [3.63, 3.8) is 0 Å². The largest absolute Gasteiger partial charge is 0.598 e. The van der Waals surface area contributed by atoms with Crippen molar-refractivity contribution in [2.45, 2.75) is 45.4 Å². The van der Waals surface area contributed by atoms with Crippen LogP contribution in [-0.2, 0) is 11.4 Å². The van der Waals surface area contributed by atoms with Gasteiger partial charge in [0.15, 0.2) is 0 Å². The molecule has 0 bridgehead atoms. The number of hydrogen-bond acceptors (Lipinski definition) is 3. The van der Waals surface area contributed by atoms with Gasteiger partial charge in [0.1, 0.15) is 4.75 Å². The number of nitrogens with zero attached hydrogens (tertiary/aromatic N) is 1. The third-order valence-electron chi connectivity index (χ3n) is 2.29. The van der Waals surface area contributed by atoms with Gasteiger partial charge in [-0.05, 0) is 26.7 Å². The van der Waals surface area contributed by atoms with Crippen molar-refractivity contribution in [3.8, 4) is 0 Å². The summed E-state index contributed by atoms with van der Waals surface area (Å²) < 4.78 is 14.9. The maximum absolute atomic E-state index is 12.0. The summed E-state index contributed by atoms with van der Waals surface area (Å²) in [4.78, 5) is 7.15. The van der Waals surface area contributed by atoms with Crippen LogP contribution >= 0.6 is 0 Å². The fourth-order valence-corrected chi connectivity index (χ4v) is 2.25. The van der Waals surface area contributed by atoms with Crippen molar-refractivity contribution in [2.24, 2.45) is 5.92 Å². The van der Waals surface area contributed by atoms with E-state index in [0.717, 1.165) is 5.69 Å². The quantitative estimate of drug-likeness (QED) is 0.796. The summed E-state index contributed by atoms with van der Waals surface area (Å²) in [5.41, 5.74) is 0.910. The lowest BCUT2D eigenvalue weighted by Gasteiger charge is -2.28. The van der Waals surface area contributed by atoms with Gasteiger partial charge in [0, 0.05) is 17.6 Å². The van der Waals surface area contributed by atoms with Crippen molar-refractivity contribution >= 4 is 11.4 Å². The SMILES string of the molecule is CC(C)C(N[S@+]([O-])C(C)(C)C)c1c[nH]cn1. The highest BCUT2D eigenvalue weighted by atomic mass is 32.2. The van der Waals surface area contributed by atoms with Crippen molar-refractivity contribution in [1.29, 1.82) is 0 Å². The van der Waals surface area contributed by atoms with E-state index in [4.69, 9.17) is 0 Å². The lowest BCUT2D eigenvalue weighted by Crippen LogP contribution is -2.42. The average Bonchev–Trinajstić information content (AvgIpc) is 2.63. The molecule has 5 heteroatoms. The number of aromatic amines is 1. The summed E-state index contributed by atoms with van der Waals surface area (Å²) >= 11 is -1.08. The Balaban J connectivity index is 2.74. The van der Waals surface area contributed by atoms with Crippen LogP contribution in [0.1, 0.15) is 46.4 Å². The van der Waals surface area contributed by atoms with E-state index in [9.17, 15) is 4.55 Å². The first kappa shape index (κ1) is 13.5. The Morgan fingerprint density at radius 3 is 2.44 bits per heavy atom. The van der Waals surface area contributed by atoms with Gasteiger partial charge in [-0.25, -0.2) is 4.98 Å². The molecule has 4 nitrogen and oxygen atoms in total. The second kappa shape index (κ2) is 5.21. The van der Waals surface area contributed by atoms with Crippen LogP contribution in [0.3, 0.4) is 0 Å². The fraction of sp³-hybridized carbons (Fsp3) is 0.727. The van der Waals surface area contributed by atoms with Gasteiger partial charge in [-0.15, -0.1) is 4.72 Å². The molecule has 0 spiro atoms. The van der Waals surface area contributed by atoms with Crippen LogP contribution < -0.4 is 4.72 Å². The average molecular weight is 243 g/mol. The molecule has 0 radical (unpaired) electrons. The number of nitrogens with one attached hydrogen (secondary N) is 2. The Morgan fingerprint density at radius 2 is 2.06 bits per heavy atom. The zero-order valence-corrected chi connectivity index (χ0v) is 11.4. The van der Waals surface area contributed by atoms with Gasteiger partial charge in [-0.1, -0.05) is 13.8 Å². The van der Waals surface area contributed by atoms with E-state index >= 15 is 0 Å². The van der Waals surface area contributed by atoms with Gasteiger partial charge in [0.2, 0.25) is 0 Å². The molecular weight excluding hydrogens is 222 g/mol. The molecular formula is C11H21N3OS.